The normalized spacial score (nSPS) is 20.8. The van der Waals surface area contributed by atoms with Crippen molar-refractivity contribution in [3.05, 3.63) is 28.8 Å². The van der Waals surface area contributed by atoms with E-state index in [1.807, 2.05) is 0 Å². The molecule has 1 aliphatic rings. The van der Waals surface area contributed by atoms with Gasteiger partial charge in [-0.1, -0.05) is 27.5 Å². The average Bonchev–Trinajstić information content (AvgIpc) is 2.12. The summed E-state index contributed by atoms with van der Waals surface area (Å²) in [6, 6.07) is 5.04. The van der Waals surface area contributed by atoms with Gasteiger partial charge in [0.25, 0.3) is 0 Å². The number of Topliss-reactive ketones (excluding diaryl/α,β-unsaturated/α-hetero) is 1. The number of hydrogen-bond acceptors (Lipinski definition) is 2. The van der Waals surface area contributed by atoms with Gasteiger partial charge in [-0.3, -0.25) is 4.79 Å². The quantitative estimate of drug-likeness (QED) is 0.671. The highest BCUT2D eigenvalue weighted by Crippen LogP contribution is 2.29. The third kappa shape index (κ3) is 1.58. The van der Waals surface area contributed by atoms with E-state index in [-0.39, 0.29) is 10.6 Å². The van der Waals surface area contributed by atoms with Gasteiger partial charge in [-0.25, -0.2) is 0 Å². The summed E-state index contributed by atoms with van der Waals surface area (Å²) in [6.45, 7) is 0.367. The molecule has 2 rings (SSSR count). The van der Waals surface area contributed by atoms with Crippen LogP contribution in [0.3, 0.4) is 0 Å². The van der Waals surface area contributed by atoms with Crippen LogP contribution in [-0.4, -0.2) is 17.2 Å². The number of halogens is 2. The van der Waals surface area contributed by atoms with E-state index in [2.05, 4.69) is 15.9 Å². The molecule has 1 aliphatic heterocycles. The molecule has 0 bridgehead atoms. The third-order valence-electron chi connectivity index (χ3n) is 1.88. The standard InChI is InChI=1S/C9H6BrClO2/c10-7-4-13-8-3-5(11)1-2-6(8)9(7)12/h1-3,7H,4H2. The Labute approximate surface area is 89.0 Å². The zero-order valence-electron chi connectivity index (χ0n) is 6.59. The Bertz CT molecular complexity index is 365. The zero-order chi connectivity index (χ0) is 9.42. The maximum Gasteiger partial charge on any atom is 0.183 e. The van der Waals surface area contributed by atoms with Crippen LogP contribution in [0.1, 0.15) is 10.4 Å². The first-order valence-electron chi connectivity index (χ1n) is 3.79. The predicted octanol–water partition coefficient (Wildman–Crippen LogP) is 2.68. The first-order chi connectivity index (χ1) is 6.18. The minimum Gasteiger partial charge on any atom is -0.491 e. The van der Waals surface area contributed by atoms with Crippen molar-refractivity contribution in [1.29, 1.82) is 0 Å². The molecule has 0 aromatic heterocycles. The number of carbonyl (C=O) groups excluding carboxylic acids is 1. The number of rotatable bonds is 0. The maximum absolute atomic E-state index is 11.6. The van der Waals surface area contributed by atoms with Crippen LogP contribution >= 0.6 is 27.5 Å². The minimum atomic E-state index is -0.235. The molecule has 0 N–H and O–H groups in total. The maximum atomic E-state index is 11.6. The number of ether oxygens (including phenoxy) is 1. The summed E-state index contributed by atoms with van der Waals surface area (Å²) in [6.07, 6.45) is 0. The summed E-state index contributed by atoms with van der Waals surface area (Å²) in [5, 5.41) is 0.583. The lowest BCUT2D eigenvalue weighted by Gasteiger charge is -2.19. The fourth-order valence-corrected chi connectivity index (χ4v) is 1.77. The molecule has 68 valence electrons. The van der Waals surface area contributed by atoms with Crippen LogP contribution in [0.25, 0.3) is 0 Å². The van der Waals surface area contributed by atoms with E-state index in [9.17, 15) is 4.79 Å². The first kappa shape index (κ1) is 9.03. The van der Waals surface area contributed by atoms with E-state index in [1.165, 1.54) is 0 Å². The molecular weight excluding hydrogens is 255 g/mol. The Morgan fingerprint density at radius 3 is 3.08 bits per heavy atom. The molecule has 0 radical (unpaired) electrons. The highest BCUT2D eigenvalue weighted by molar-refractivity contribution is 9.10. The van der Waals surface area contributed by atoms with Crippen LogP contribution in [0.2, 0.25) is 5.02 Å². The third-order valence-corrected chi connectivity index (χ3v) is 2.79. The van der Waals surface area contributed by atoms with Gasteiger partial charge < -0.3 is 4.74 Å². The summed E-state index contributed by atoms with van der Waals surface area (Å²) < 4.78 is 5.33. The molecule has 1 atom stereocenters. The van der Waals surface area contributed by atoms with Crippen molar-refractivity contribution in [3.63, 3.8) is 0 Å². The van der Waals surface area contributed by atoms with Crippen LogP contribution in [-0.2, 0) is 0 Å². The molecule has 1 unspecified atom stereocenters. The van der Waals surface area contributed by atoms with Crippen molar-refractivity contribution >= 4 is 33.3 Å². The van der Waals surface area contributed by atoms with Crippen molar-refractivity contribution < 1.29 is 9.53 Å². The Morgan fingerprint density at radius 2 is 2.31 bits per heavy atom. The molecule has 0 fully saturated rings. The molecular formula is C9H6BrClO2. The average molecular weight is 262 g/mol. The zero-order valence-corrected chi connectivity index (χ0v) is 8.93. The summed E-state index contributed by atoms with van der Waals surface area (Å²) in [5.41, 5.74) is 0.595. The fourth-order valence-electron chi connectivity index (χ4n) is 1.23. The largest absolute Gasteiger partial charge is 0.491 e. The van der Waals surface area contributed by atoms with E-state index in [4.69, 9.17) is 16.3 Å². The molecule has 0 aliphatic carbocycles. The summed E-state index contributed by atoms with van der Waals surface area (Å²) in [4.78, 5) is 11.3. The van der Waals surface area contributed by atoms with Crippen LogP contribution in [0.15, 0.2) is 18.2 Å². The molecule has 0 spiro atoms. The SMILES string of the molecule is O=C1c2ccc(Cl)cc2OCC1Br. The number of benzene rings is 1. The van der Waals surface area contributed by atoms with Crippen LogP contribution < -0.4 is 4.74 Å². The first-order valence-corrected chi connectivity index (χ1v) is 5.08. The van der Waals surface area contributed by atoms with Gasteiger partial charge in [0.15, 0.2) is 5.78 Å². The summed E-state index contributed by atoms with van der Waals surface area (Å²) in [7, 11) is 0. The van der Waals surface area contributed by atoms with Crippen LogP contribution in [0, 0.1) is 0 Å². The lowest BCUT2D eigenvalue weighted by molar-refractivity contribution is 0.0946. The summed E-state index contributed by atoms with van der Waals surface area (Å²) in [5.74, 6) is 0.631. The van der Waals surface area contributed by atoms with Gasteiger partial charge in [-0.05, 0) is 18.2 Å². The van der Waals surface area contributed by atoms with Crippen molar-refractivity contribution in [2.24, 2.45) is 0 Å². The highest BCUT2D eigenvalue weighted by Gasteiger charge is 2.26. The number of fused-ring (bicyclic) bond motifs is 1. The van der Waals surface area contributed by atoms with Crippen molar-refractivity contribution in [2.75, 3.05) is 6.61 Å². The fraction of sp³-hybridized carbons (Fsp3) is 0.222. The molecule has 0 saturated carbocycles. The van der Waals surface area contributed by atoms with E-state index in [0.29, 0.717) is 22.9 Å². The van der Waals surface area contributed by atoms with Gasteiger partial charge in [-0.2, -0.15) is 0 Å². The molecule has 0 amide bonds. The van der Waals surface area contributed by atoms with Gasteiger partial charge in [0.1, 0.15) is 17.2 Å². The van der Waals surface area contributed by atoms with E-state index >= 15 is 0 Å². The Kier molecular flexibility index (Phi) is 2.30. The second-order valence-electron chi connectivity index (χ2n) is 2.78. The number of carbonyl (C=O) groups is 1. The van der Waals surface area contributed by atoms with Crippen molar-refractivity contribution in [3.8, 4) is 5.75 Å². The molecule has 1 heterocycles. The molecule has 13 heavy (non-hydrogen) atoms. The lowest BCUT2D eigenvalue weighted by Crippen LogP contribution is -2.27. The molecule has 2 nitrogen and oxygen atoms in total. The Hall–Kier alpha value is -0.540. The van der Waals surface area contributed by atoms with E-state index in [1.54, 1.807) is 18.2 Å². The van der Waals surface area contributed by atoms with Gasteiger partial charge in [0.05, 0.1) is 5.56 Å². The van der Waals surface area contributed by atoms with Crippen molar-refractivity contribution in [1.82, 2.24) is 0 Å². The number of ketones is 1. The van der Waals surface area contributed by atoms with Crippen molar-refractivity contribution in [2.45, 2.75) is 4.83 Å². The topological polar surface area (TPSA) is 26.3 Å². The molecule has 1 aromatic carbocycles. The van der Waals surface area contributed by atoms with Gasteiger partial charge >= 0.3 is 0 Å². The Balaban J connectivity index is 2.50. The van der Waals surface area contributed by atoms with E-state index < -0.39 is 0 Å². The van der Waals surface area contributed by atoms with E-state index in [0.717, 1.165) is 0 Å². The molecule has 1 aromatic rings. The van der Waals surface area contributed by atoms with Crippen LogP contribution in [0.5, 0.6) is 5.75 Å². The minimum absolute atomic E-state index is 0.0536. The van der Waals surface area contributed by atoms with Gasteiger partial charge in [-0.15, -0.1) is 0 Å². The number of alkyl halides is 1. The molecule has 4 heteroatoms. The highest BCUT2D eigenvalue weighted by atomic mass is 79.9. The predicted molar refractivity (Wildman–Crippen MR) is 54.0 cm³/mol. The van der Waals surface area contributed by atoms with Gasteiger partial charge in [0, 0.05) is 5.02 Å². The van der Waals surface area contributed by atoms with Gasteiger partial charge in [0.2, 0.25) is 0 Å². The number of hydrogen-bond donors (Lipinski definition) is 0. The smallest absolute Gasteiger partial charge is 0.183 e. The second-order valence-corrected chi connectivity index (χ2v) is 4.33. The lowest BCUT2D eigenvalue weighted by atomic mass is 10.1. The summed E-state index contributed by atoms with van der Waals surface area (Å²) >= 11 is 8.99. The Morgan fingerprint density at radius 1 is 1.54 bits per heavy atom. The molecule has 0 saturated heterocycles. The monoisotopic (exact) mass is 260 g/mol. The second kappa shape index (κ2) is 3.31. The van der Waals surface area contributed by atoms with Crippen LogP contribution in [0.4, 0.5) is 0 Å².